The number of furan rings is 1. The molecule has 0 unspecified atom stereocenters. The Balaban J connectivity index is 1.63. The molecule has 0 aromatic carbocycles. The first-order valence-electron chi connectivity index (χ1n) is 7.52. The van der Waals surface area contributed by atoms with Gasteiger partial charge in [-0.1, -0.05) is 0 Å². The summed E-state index contributed by atoms with van der Waals surface area (Å²) in [5.74, 6) is 1.13. The smallest absolute Gasteiger partial charge is 0.271 e. The lowest BCUT2D eigenvalue weighted by atomic mass is 10.1. The van der Waals surface area contributed by atoms with Crippen LogP contribution in [0.1, 0.15) is 35.4 Å². The number of hydrogen-bond acceptors (Lipinski definition) is 5. The summed E-state index contributed by atoms with van der Waals surface area (Å²) in [6.07, 6.45) is 8.25. The number of nitrogens with one attached hydrogen (secondary N) is 1. The lowest BCUT2D eigenvalue weighted by molar-refractivity contribution is 0.0955. The summed E-state index contributed by atoms with van der Waals surface area (Å²) in [4.78, 5) is 17.9. The van der Waals surface area contributed by atoms with Gasteiger partial charge in [-0.2, -0.15) is 5.10 Å². The van der Waals surface area contributed by atoms with Gasteiger partial charge in [-0.15, -0.1) is 0 Å². The van der Waals surface area contributed by atoms with Gasteiger partial charge in [0, 0.05) is 37.1 Å². The first kappa shape index (κ1) is 15.7. The molecule has 2 aromatic rings. The Bertz CT molecular complexity index is 693. The number of hydrogen-bond donors (Lipinski definition) is 1. The summed E-state index contributed by atoms with van der Waals surface area (Å²) >= 11 is 3.52. The summed E-state index contributed by atoms with van der Waals surface area (Å²) in [6, 6.07) is 5.11. The summed E-state index contributed by atoms with van der Waals surface area (Å²) in [5.41, 5.74) is 2.98. The second kappa shape index (κ2) is 7.41. The number of rotatable bonds is 4. The van der Waals surface area contributed by atoms with Crippen molar-refractivity contribution in [2.75, 3.05) is 18.0 Å². The van der Waals surface area contributed by atoms with E-state index in [-0.39, 0.29) is 5.91 Å². The van der Waals surface area contributed by atoms with E-state index in [1.807, 2.05) is 6.07 Å². The number of carbonyl (C=O) groups is 1. The SMILES string of the molecule is O=C(N/N=C\c1cc(Br)c(N2CCCCC2)o1)c1ccncc1. The molecule has 7 heteroatoms. The molecule has 0 radical (unpaired) electrons. The highest BCUT2D eigenvalue weighted by Crippen LogP contribution is 2.31. The summed E-state index contributed by atoms with van der Waals surface area (Å²) in [6.45, 7) is 2.00. The average molecular weight is 377 g/mol. The molecule has 2 aromatic heterocycles. The van der Waals surface area contributed by atoms with Crippen LogP contribution in [0.2, 0.25) is 0 Å². The first-order valence-corrected chi connectivity index (χ1v) is 8.31. The summed E-state index contributed by atoms with van der Waals surface area (Å²) < 4.78 is 6.71. The number of anilines is 1. The van der Waals surface area contributed by atoms with Crippen LogP contribution < -0.4 is 10.3 Å². The van der Waals surface area contributed by atoms with Crippen LogP contribution in [-0.4, -0.2) is 30.2 Å². The van der Waals surface area contributed by atoms with Crippen LogP contribution in [0.3, 0.4) is 0 Å². The number of nitrogens with zero attached hydrogens (tertiary/aromatic N) is 3. The van der Waals surface area contributed by atoms with Crippen molar-refractivity contribution in [3.05, 3.63) is 46.4 Å². The van der Waals surface area contributed by atoms with Crippen molar-refractivity contribution in [1.29, 1.82) is 0 Å². The molecule has 23 heavy (non-hydrogen) atoms. The lowest BCUT2D eigenvalue weighted by Gasteiger charge is -2.26. The van der Waals surface area contributed by atoms with Crippen LogP contribution >= 0.6 is 15.9 Å². The zero-order chi connectivity index (χ0) is 16.1. The van der Waals surface area contributed by atoms with Crippen molar-refractivity contribution in [3.8, 4) is 0 Å². The van der Waals surface area contributed by atoms with E-state index in [2.05, 4.69) is 36.3 Å². The molecule has 6 nitrogen and oxygen atoms in total. The Hall–Kier alpha value is -2.15. The predicted molar refractivity (Wildman–Crippen MR) is 91.8 cm³/mol. The number of carbonyl (C=O) groups excluding carboxylic acids is 1. The Kier molecular flexibility index (Phi) is 5.07. The fourth-order valence-electron chi connectivity index (χ4n) is 2.48. The summed E-state index contributed by atoms with van der Waals surface area (Å²) in [5, 5.41) is 3.94. The van der Waals surface area contributed by atoms with Gasteiger partial charge in [-0.25, -0.2) is 5.43 Å². The van der Waals surface area contributed by atoms with E-state index >= 15 is 0 Å². The van der Waals surface area contributed by atoms with E-state index in [1.165, 1.54) is 25.5 Å². The van der Waals surface area contributed by atoms with E-state index in [4.69, 9.17) is 4.42 Å². The largest absolute Gasteiger partial charge is 0.438 e. The topological polar surface area (TPSA) is 70.7 Å². The van der Waals surface area contributed by atoms with E-state index in [9.17, 15) is 4.79 Å². The third-order valence-electron chi connectivity index (χ3n) is 3.63. The van der Waals surface area contributed by atoms with Gasteiger partial charge in [0.05, 0.1) is 10.7 Å². The first-order chi connectivity index (χ1) is 11.2. The minimum Gasteiger partial charge on any atom is -0.438 e. The maximum Gasteiger partial charge on any atom is 0.271 e. The molecular formula is C16H17BrN4O2. The normalized spacial score (nSPS) is 15.1. The number of aromatic nitrogens is 1. The van der Waals surface area contributed by atoms with Gasteiger partial charge >= 0.3 is 0 Å². The van der Waals surface area contributed by atoms with Crippen molar-refractivity contribution < 1.29 is 9.21 Å². The molecule has 1 aliphatic heterocycles. The Morgan fingerprint density at radius 3 is 2.78 bits per heavy atom. The number of amides is 1. The van der Waals surface area contributed by atoms with Gasteiger partial charge in [0.25, 0.3) is 5.91 Å². The van der Waals surface area contributed by atoms with Crippen molar-refractivity contribution in [2.24, 2.45) is 5.10 Å². The maximum atomic E-state index is 11.9. The van der Waals surface area contributed by atoms with Crippen LogP contribution in [-0.2, 0) is 0 Å². The third kappa shape index (κ3) is 3.98. The fourth-order valence-corrected chi connectivity index (χ4v) is 3.03. The third-order valence-corrected chi connectivity index (χ3v) is 4.20. The second-order valence-corrected chi connectivity index (χ2v) is 6.14. The number of pyridine rings is 1. The maximum absolute atomic E-state index is 11.9. The molecule has 1 fully saturated rings. The van der Waals surface area contributed by atoms with Crippen molar-refractivity contribution in [1.82, 2.24) is 10.4 Å². The van der Waals surface area contributed by atoms with Gasteiger partial charge < -0.3 is 9.32 Å². The highest BCUT2D eigenvalue weighted by atomic mass is 79.9. The molecule has 0 bridgehead atoms. The minimum absolute atomic E-state index is 0.287. The summed E-state index contributed by atoms with van der Waals surface area (Å²) in [7, 11) is 0. The molecule has 0 aliphatic carbocycles. The Morgan fingerprint density at radius 1 is 1.30 bits per heavy atom. The van der Waals surface area contributed by atoms with Crippen molar-refractivity contribution >= 4 is 33.9 Å². The lowest BCUT2D eigenvalue weighted by Crippen LogP contribution is -2.29. The predicted octanol–water partition coefficient (Wildman–Crippen LogP) is 3.19. The molecule has 0 saturated carbocycles. The van der Waals surface area contributed by atoms with E-state index in [0.717, 1.165) is 23.4 Å². The van der Waals surface area contributed by atoms with E-state index in [0.29, 0.717) is 11.3 Å². The van der Waals surface area contributed by atoms with E-state index < -0.39 is 0 Å². The quantitative estimate of drug-likeness (QED) is 0.656. The van der Waals surface area contributed by atoms with Crippen molar-refractivity contribution in [2.45, 2.75) is 19.3 Å². The van der Waals surface area contributed by atoms with Crippen LogP contribution in [0.5, 0.6) is 0 Å². The number of halogens is 1. The fraction of sp³-hybridized carbons (Fsp3) is 0.312. The molecule has 0 atom stereocenters. The minimum atomic E-state index is -0.287. The van der Waals surface area contributed by atoms with Gasteiger partial charge in [0.2, 0.25) is 5.88 Å². The van der Waals surface area contributed by atoms with Gasteiger partial charge in [-0.05, 0) is 47.3 Å². The molecule has 120 valence electrons. The molecular weight excluding hydrogens is 360 g/mol. The van der Waals surface area contributed by atoms with Crippen LogP contribution in [0.25, 0.3) is 0 Å². The molecule has 1 saturated heterocycles. The molecule has 0 spiro atoms. The van der Waals surface area contributed by atoms with Gasteiger partial charge in [-0.3, -0.25) is 9.78 Å². The molecule has 3 rings (SSSR count). The highest BCUT2D eigenvalue weighted by Gasteiger charge is 2.18. The standard InChI is InChI=1S/C16H17BrN4O2/c17-14-10-13(23-16(14)21-8-2-1-3-9-21)11-19-20-15(22)12-4-6-18-7-5-12/h4-7,10-11H,1-3,8-9H2,(H,20,22)/b19-11-. The molecule has 1 aliphatic rings. The van der Waals surface area contributed by atoms with Crippen LogP contribution in [0.4, 0.5) is 5.88 Å². The number of hydrazone groups is 1. The van der Waals surface area contributed by atoms with Crippen molar-refractivity contribution in [3.63, 3.8) is 0 Å². The second-order valence-electron chi connectivity index (χ2n) is 5.28. The molecule has 1 N–H and O–H groups in total. The zero-order valence-electron chi connectivity index (χ0n) is 12.5. The molecule has 1 amide bonds. The van der Waals surface area contributed by atoms with Gasteiger partial charge in [0.15, 0.2) is 5.76 Å². The average Bonchev–Trinajstić information content (AvgIpc) is 2.97. The van der Waals surface area contributed by atoms with Gasteiger partial charge in [0.1, 0.15) is 0 Å². The monoisotopic (exact) mass is 376 g/mol. The highest BCUT2D eigenvalue weighted by molar-refractivity contribution is 9.10. The Labute approximate surface area is 142 Å². The molecule has 3 heterocycles. The number of piperidine rings is 1. The zero-order valence-corrected chi connectivity index (χ0v) is 14.1. The van der Waals surface area contributed by atoms with Crippen LogP contribution in [0, 0.1) is 0 Å². The van der Waals surface area contributed by atoms with E-state index in [1.54, 1.807) is 24.5 Å². The van der Waals surface area contributed by atoms with Crippen LogP contribution in [0.15, 0.2) is 44.6 Å². The Morgan fingerprint density at radius 2 is 2.04 bits per heavy atom.